The van der Waals surface area contributed by atoms with Gasteiger partial charge in [0.15, 0.2) is 0 Å². The standard InChI is InChI=1S/C30H59N3O2.C2H4O2/c1-3-5-7-9-11-13-15-17-19-21-23-25-29(34)32-27-28(31)33-30(35)26-24-22-20-18-16-14-12-10-8-6-4-2;1-2(3)4/h3-27H2,1-2H3,(H,32,34)(H2,31,33,35);1H3,(H,3,4). The van der Waals surface area contributed by atoms with Gasteiger partial charge in [0, 0.05) is 19.8 Å². The summed E-state index contributed by atoms with van der Waals surface area (Å²) in [5.74, 6) is -0.874. The Balaban J connectivity index is 0. The molecule has 0 bridgehead atoms. The van der Waals surface area contributed by atoms with Crippen LogP contribution in [0.5, 0.6) is 0 Å². The molecule has 0 radical (unpaired) electrons. The Morgan fingerprint density at radius 3 is 1.15 bits per heavy atom. The molecule has 39 heavy (non-hydrogen) atoms. The van der Waals surface area contributed by atoms with Crippen LogP contribution in [0.4, 0.5) is 0 Å². The molecule has 4 N–H and O–H groups in total. The van der Waals surface area contributed by atoms with E-state index in [-0.39, 0.29) is 24.2 Å². The summed E-state index contributed by atoms with van der Waals surface area (Å²) in [6, 6.07) is 0. The van der Waals surface area contributed by atoms with Crippen molar-refractivity contribution in [1.82, 2.24) is 10.6 Å². The molecular weight excluding hydrogens is 490 g/mol. The molecule has 0 fully saturated rings. The number of hydrogen-bond donors (Lipinski definition) is 4. The molecule has 0 aromatic heterocycles. The molecule has 0 aliphatic carbocycles. The predicted molar refractivity (Wildman–Crippen MR) is 164 cm³/mol. The molecule has 0 aliphatic heterocycles. The average molecular weight is 554 g/mol. The van der Waals surface area contributed by atoms with Crippen molar-refractivity contribution in [1.29, 1.82) is 5.41 Å². The summed E-state index contributed by atoms with van der Waals surface area (Å²) in [4.78, 5) is 32.9. The molecule has 7 heteroatoms. The molecule has 0 spiro atoms. The van der Waals surface area contributed by atoms with Crippen LogP contribution in [0, 0.1) is 5.41 Å². The Labute approximate surface area is 240 Å². The van der Waals surface area contributed by atoms with Gasteiger partial charge in [0.2, 0.25) is 11.8 Å². The molecule has 0 atom stereocenters. The topological polar surface area (TPSA) is 119 Å². The number of carbonyl (C=O) groups excluding carboxylic acids is 2. The summed E-state index contributed by atoms with van der Waals surface area (Å²) < 4.78 is 0. The van der Waals surface area contributed by atoms with Crippen molar-refractivity contribution in [2.75, 3.05) is 6.54 Å². The van der Waals surface area contributed by atoms with Crippen molar-refractivity contribution in [2.24, 2.45) is 0 Å². The SMILES string of the molecule is CC(=O)O.CCCCCCCCCCCCCC(=O)NCC(=N)NC(=O)CCCCCCCCCCCCC. The van der Waals surface area contributed by atoms with Crippen LogP contribution in [0.25, 0.3) is 0 Å². The van der Waals surface area contributed by atoms with Crippen molar-refractivity contribution in [2.45, 2.75) is 175 Å². The van der Waals surface area contributed by atoms with Crippen LogP contribution in [0.15, 0.2) is 0 Å². The number of carbonyl (C=O) groups is 3. The van der Waals surface area contributed by atoms with E-state index in [1.54, 1.807) is 0 Å². The number of amides is 2. The fourth-order valence-corrected chi connectivity index (χ4v) is 4.45. The Bertz CT molecular complexity index is 592. The maximum atomic E-state index is 12.0. The van der Waals surface area contributed by atoms with Gasteiger partial charge in [-0.05, 0) is 12.8 Å². The monoisotopic (exact) mass is 553 g/mol. The number of hydrogen-bond acceptors (Lipinski definition) is 4. The van der Waals surface area contributed by atoms with Crippen molar-refractivity contribution in [3.05, 3.63) is 0 Å². The first-order chi connectivity index (χ1) is 18.8. The van der Waals surface area contributed by atoms with Gasteiger partial charge < -0.3 is 15.7 Å². The second-order valence-corrected chi connectivity index (χ2v) is 10.9. The highest BCUT2D eigenvalue weighted by Crippen LogP contribution is 2.13. The Morgan fingerprint density at radius 1 is 0.538 bits per heavy atom. The summed E-state index contributed by atoms with van der Waals surface area (Å²) in [5.41, 5.74) is 0. The Hall–Kier alpha value is -1.92. The van der Waals surface area contributed by atoms with E-state index in [2.05, 4.69) is 24.5 Å². The van der Waals surface area contributed by atoms with Crippen LogP contribution in [-0.4, -0.2) is 35.3 Å². The lowest BCUT2D eigenvalue weighted by Gasteiger charge is -2.09. The van der Waals surface area contributed by atoms with E-state index in [0.29, 0.717) is 12.8 Å². The summed E-state index contributed by atoms with van der Waals surface area (Å²) in [5, 5.41) is 20.7. The highest BCUT2D eigenvalue weighted by molar-refractivity contribution is 5.98. The molecule has 0 aliphatic rings. The quantitative estimate of drug-likeness (QED) is 0.0486. The van der Waals surface area contributed by atoms with Gasteiger partial charge in [0.25, 0.3) is 5.97 Å². The summed E-state index contributed by atoms with van der Waals surface area (Å²) in [6.07, 6.45) is 28.7. The highest BCUT2D eigenvalue weighted by Gasteiger charge is 2.07. The first-order valence-electron chi connectivity index (χ1n) is 16.2. The number of carboxylic acid groups (broad SMARTS) is 1. The maximum Gasteiger partial charge on any atom is 0.300 e. The highest BCUT2D eigenvalue weighted by atomic mass is 16.4. The maximum absolute atomic E-state index is 12.0. The molecule has 0 aromatic carbocycles. The molecule has 0 aromatic rings. The lowest BCUT2D eigenvalue weighted by Crippen LogP contribution is -2.39. The van der Waals surface area contributed by atoms with E-state index in [4.69, 9.17) is 15.3 Å². The molecule has 0 saturated carbocycles. The van der Waals surface area contributed by atoms with E-state index in [1.165, 1.54) is 116 Å². The van der Waals surface area contributed by atoms with E-state index in [9.17, 15) is 9.59 Å². The number of nitrogens with one attached hydrogen (secondary N) is 3. The normalized spacial score (nSPS) is 10.4. The van der Waals surface area contributed by atoms with Gasteiger partial charge in [-0.25, -0.2) is 0 Å². The van der Waals surface area contributed by atoms with Gasteiger partial charge in [-0.15, -0.1) is 0 Å². The summed E-state index contributed by atoms with van der Waals surface area (Å²) in [7, 11) is 0. The van der Waals surface area contributed by atoms with Gasteiger partial charge in [-0.3, -0.25) is 19.8 Å². The second kappa shape index (κ2) is 32.3. The van der Waals surface area contributed by atoms with Crippen LogP contribution in [0.3, 0.4) is 0 Å². The number of aliphatic carboxylic acids is 1. The second-order valence-electron chi connectivity index (χ2n) is 10.9. The number of carboxylic acids is 1. The van der Waals surface area contributed by atoms with Crippen molar-refractivity contribution in [3.8, 4) is 0 Å². The molecule has 0 unspecified atom stereocenters. The minimum Gasteiger partial charge on any atom is -0.481 e. The molecule has 0 rings (SSSR count). The van der Waals surface area contributed by atoms with E-state index in [1.807, 2.05) is 0 Å². The summed E-state index contributed by atoms with van der Waals surface area (Å²) >= 11 is 0. The van der Waals surface area contributed by atoms with Crippen LogP contribution in [0.2, 0.25) is 0 Å². The van der Waals surface area contributed by atoms with Gasteiger partial charge in [-0.1, -0.05) is 142 Å². The van der Waals surface area contributed by atoms with Crippen LogP contribution < -0.4 is 10.6 Å². The fourth-order valence-electron chi connectivity index (χ4n) is 4.45. The third-order valence-corrected chi connectivity index (χ3v) is 6.77. The van der Waals surface area contributed by atoms with Crippen molar-refractivity contribution < 1.29 is 19.5 Å². The van der Waals surface area contributed by atoms with Crippen molar-refractivity contribution in [3.63, 3.8) is 0 Å². The largest absolute Gasteiger partial charge is 0.481 e. The first-order valence-corrected chi connectivity index (χ1v) is 16.2. The van der Waals surface area contributed by atoms with Gasteiger partial charge in [0.05, 0.1) is 6.54 Å². The predicted octanol–water partition coefficient (Wildman–Crippen LogP) is 8.69. The van der Waals surface area contributed by atoms with Crippen LogP contribution in [0.1, 0.15) is 175 Å². The number of rotatable bonds is 26. The molecule has 7 nitrogen and oxygen atoms in total. The molecular formula is C32H63N3O4. The Morgan fingerprint density at radius 2 is 0.821 bits per heavy atom. The zero-order chi connectivity index (χ0) is 29.4. The zero-order valence-corrected chi connectivity index (χ0v) is 25.8. The van der Waals surface area contributed by atoms with E-state index >= 15 is 0 Å². The summed E-state index contributed by atoms with van der Waals surface area (Å²) in [6.45, 7) is 5.70. The molecule has 0 saturated heterocycles. The van der Waals surface area contributed by atoms with Crippen molar-refractivity contribution >= 4 is 23.6 Å². The smallest absolute Gasteiger partial charge is 0.300 e. The lowest BCUT2D eigenvalue weighted by atomic mass is 10.1. The van der Waals surface area contributed by atoms with Crippen LogP contribution >= 0.6 is 0 Å². The Kier molecular flexibility index (Phi) is 32.5. The average Bonchev–Trinajstić information content (AvgIpc) is 2.89. The minimum absolute atomic E-state index is 0.0229. The van der Waals surface area contributed by atoms with E-state index < -0.39 is 5.97 Å². The van der Waals surface area contributed by atoms with Gasteiger partial charge >= 0.3 is 0 Å². The third kappa shape index (κ3) is 38.3. The molecule has 0 heterocycles. The number of amidine groups is 1. The van der Waals surface area contributed by atoms with Gasteiger partial charge in [-0.2, -0.15) is 0 Å². The third-order valence-electron chi connectivity index (χ3n) is 6.77. The first kappa shape index (κ1) is 39.2. The fraction of sp³-hybridized carbons (Fsp3) is 0.875. The molecule has 230 valence electrons. The van der Waals surface area contributed by atoms with Gasteiger partial charge in [0.1, 0.15) is 5.84 Å². The van der Waals surface area contributed by atoms with E-state index in [0.717, 1.165) is 32.6 Å². The van der Waals surface area contributed by atoms with Crippen LogP contribution in [-0.2, 0) is 14.4 Å². The zero-order valence-electron chi connectivity index (χ0n) is 25.8. The lowest BCUT2D eigenvalue weighted by molar-refractivity contribution is -0.134. The number of unbranched alkanes of at least 4 members (excludes halogenated alkanes) is 20. The minimum atomic E-state index is -0.833. The molecule has 2 amide bonds.